The highest BCUT2D eigenvalue weighted by atomic mass is 32.2. The van der Waals surface area contributed by atoms with Gasteiger partial charge in [-0.05, 0) is 37.3 Å². The Hall–Kier alpha value is -2.32. The number of nitrogens with one attached hydrogen (secondary N) is 1. The highest BCUT2D eigenvalue weighted by Gasteiger charge is 2.19. The van der Waals surface area contributed by atoms with Crippen molar-refractivity contribution in [2.75, 3.05) is 6.61 Å². The zero-order chi connectivity index (χ0) is 16.2. The van der Waals surface area contributed by atoms with E-state index in [2.05, 4.69) is 4.72 Å². The van der Waals surface area contributed by atoms with E-state index in [9.17, 15) is 13.2 Å². The van der Waals surface area contributed by atoms with Gasteiger partial charge in [-0.1, -0.05) is 0 Å². The third-order valence-electron chi connectivity index (χ3n) is 2.84. The van der Waals surface area contributed by atoms with Gasteiger partial charge in [0.1, 0.15) is 11.5 Å². The van der Waals surface area contributed by atoms with Crippen molar-refractivity contribution < 1.29 is 22.4 Å². The predicted molar refractivity (Wildman–Crippen MR) is 78.9 cm³/mol. The largest absolute Gasteiger partial charge is 0.493 e. The third kappa shape index (κ3) is 3.66. The van der Waals surface area contributed by atoms with Crippen LogP contribution in [-0.2, 0) is 16.6 Å². The van der Waals surface area contributed by atoms with Crippen LogP contribution in [0.15, 0.2) is 45.9 Å². The molecule has 0 fully saturated rings. The van der Waals surface area contributed by atoms with E-state index in [1.54, 1.807) is 19.1 Å². The Kier molecular flexibility index (Phi) is 4.84. The summed E-state index contributed by atoms with van der Waals surface area (Å²) in [5, 5.41) is 0. The number of hydrogen-bond donors (Lipinski definition) is 2. The topological polar surface area (TPSA) is 112 Å². The van der Waals surface area contributed by atoms with Crippen molar-refractivity contribution in [1.29, 1.82) is 0 Å². The van der Waals surface area contributed by atoms with Gasteiger partial charge in [-0.2, -0.15) is 0 Å². The van der Waals surface area contributed by atoms with Crippen LogP contribution in [0.1, 0.15) is 23.0 Å². The number of furan rings is 1. The Morgan fingerprint density at radius 2 is 2.14 bits per heavy atom. The molecule has 1 heterocycles. The van der Waals surface area contributed by atoms with Gasteiger partial charge in [-0.15, -0.1) is 0 Å². The van der Waals surface area contributed by atoms with Gasteiger partial charge >= 0.3 is 0 Å². The van der Waals surface area contributed by atoms with Gasteiger partial charge in [0.25, 0.3) is 5.91 Å². The molecule has 0 saturated carbocycles. The maximum atomic E-state index is 12.2. The molecule has 8 heteroatoms. The molecule has 2 aromatic rings. The summed E-state index contributed by atoms with van der Waals surface area (Å²) < 4.78 is 37.1. The van der Waals surface area contributed by atoms with Gasteiger partial charge in [0.05, 0.1) is 29.9 Å². The van der Waals surface area contributed by atoms with Crippen LogP contribution < -0.4 is 15.2 Å². The molecule has 0 atom stereocenters. The van der Waals surface area contributed by atoms with Crippen LogP contribution in [0.2, 0.25) is 0 Å². The molecule has 1 amide bonds. The summed E-state index contributed by atoms with van der Waals surface area (Å²) in [5.74, 6) is -0.0313. The average molecular weight is 324 g/mol. The molecule has 3 N–H and O–H groups in total. The van der Waals surface area contributed by atoms with E-state index in [-0.39, 0.29) is 22.8 Å². The Morgan fingerprint density at radius 1 is 1.36 bits per heavy atom. The lowest BCUT2D eigenvalue weighted by Crippen LogP contribution is -2.24. The molecule has 22 heavy (non-hydrogen) atoms. The number of nitrogens with two attached hydrogens (primary N) is 1. The summed E-state index contributed by atoms with van der Waals surface area (Å²) in [6.45, 7) is 2.10. The van der Waals surface area contributed by atoms with Gasteiger partial charge in [0.2, 0.25) is 10.0 Å². The quantitative estimate of drug-likeness (QED) is 0.796. The van der Waals surface area contributed by atoms with Crippen LogP contribution in [0.3, 0.4) is 0 Å². The molecular formula is C14H16N2O5S. The molecule has 0 radical (unpaired) electrons. The smallest absolute Gasteiger partial charge is 0.252 e. The van der Waals surface area contributed by atoms with Crippen LogP contribution in [0.5, 0.6) is 5.75 Å². The van der Waals surface area contributed by atoms with E-state index in [0.717, 1.165) is 0 Å². The normalized spacial score (nSPS) is 11.3. The van der Waals surface area contributed by atoms with Crippen LogP contribution in [0, 0.1) is 0 Å². The number of ether oxygens (including phenoxy) is 1. The number of primary amides is 1. The standard InChI is InChI=1S/C14H16N2O5S/c1-2-20-13-6-5-11(8-12(13)14(15)17)22(18,19)16-9-10-4-3-7-21-10/h3-8,16H,2,9H2,1H3,(H2,15,17). The number of carbonyl (C=O) groups is 1. The predicted octanol–water partition coefficient (Wildman–Crippen LogP) is 1.26. The number of benzene rings is 1. The second-order valence-corrected chi connectivity index (χ2v) is 6.13. The summed E-state index contributed by atoms with van der Waals surface area (Å²) in [6, 6.07) is 7.26. The average Bonchev–Trinajstić information content (AvgIpc) is 2.99. The molecule has 0 aliphatic carbocycles. The molecule has 0 aliphatic heterocycles. The molecule has 7 nitrogen and oxygen atoms in total. The molecule has 0 aliphatic rings. The summed E-state index contributed by atoms with van der Waals surface area (Å²) >= 11 is 0. The SMILES string of the molecule is CCOc1ccc(S(=O)(=O)NCc2ccco2)cc1C(N)=O. The molecule has 0 unspecified atom stereocenters. The Morgan fingerprint density at radius 3 is 2.73 bits per heavy atom. The first-order valence-corrected chi connectivity index (χ1v) is 8.01. The fourth-order valence-electron chi connectivity index (χ4n) is 1.81. The zero-order valence-electron chi connectivity index (χ0n) is 11.9. The summed E-state index contributed by atoms with van der Waals surface area (Å²) in [7, 11) is -3.80. The monoisotopic (exact) mass is 324 g/mol. The first-order chi connectivity index (χ1) is 10.4. The summed E-state index contributed by atoms with van der Waals surface area (Å²) in [4.78, 5) is 11.4. The molecule has 118 valence electrons. The van der Waals surface area contributed by atoms with Gasteiger partial charge in [0, 0.05) is 0 Å². The molecular weight excluding hydrogens is 308 g/mol. The maximum Gasteiger partial charge on any atom is 0.252 e. The van der Waals surface area contributed by atoms with Crippen LogP contribution >= 0.6 is 0 Å². The minimum Gasteiger partial charge on any atom is -0.493 e. The third-order valence-corrected chi connectivity index (χ3v) is 4.24. The lowest BCUT2D eigenvalue weighted by Gasteiger charge is -2.10. The van der Waals surface area contributed by atoms with Crippen LogP contribution in [0.4, 0.5) is 0 Å². The van der Waals surface area contributed by atoms with Crippen molar-refractivity contribution >= 4 is 15.9 Å². The first kappa shape index (κ1) is 16.1. The number of hydrogen-bond acceptors (Lipinski definition) is 5. The number of amides is 1. The van der Waals surface area contributed by atoms with Crippen molar-refractivity contribution in [2.45, 2.75) is 18.4 Å². The highest BCUT2D eigenvalue weighted by molar-refractivity contribution is 7.89. The summed E-state index contributed by atoms with van der Waals surface area (Å²) in [6.07, 6.45) is 1.45. The highest BCUT2D eigenvalue weighted by Crippen LogP contribution is 2.22. The van der Waals surface area contributed by atoms with Crippen molar-refractivity contribution in [2.24, 2.45) is 5.73 Å². The van der Waals surface area contributed by atoms with Gasteiger partial charge in [-0.25, -0.2) is 13.1 Å². The van der Waals surface area contributed by atoms with Crippen LogP contribution in [0.25, 0.3) is 0 Å². The number of carbonyl (C=O) groups excluding carboxylic acids is 1. The Labute approximate surface area is 128 Å². The van der Waals surface area contributed by atoms with Gasteiger partial charge in [0.15, 0.2) is 0 Å². The fraction of sp³-hybridized carbons (Fsp3) is 0.214. The molecule has 0 saturated heterocycles. The first-order valence-electron chi connectivity index (χ1n) is 6.52. The fourth-order valence-corrected chi connectivity index (χ4v) is 2.83. The number of rotatable bonds is 7. The van der Waals surface area contributed by atoms with Crippen molar-refractivity contribution in [3.05, 3.63) is 47.9 Å². The van der Waals surface area contributed by atoms with Crippen molar-refractivity contribution in [3.8, 4) is 5.75 Å². The van der Waals surface area contributed by atoms with E-state index in [1.807, 2.05) is 0 Å². The minimum atomic E-state index is -3.80. The Balaban J connectivity index is 2.26. The molecule has 2 rings (SSSR count). The molecule has 0 spiro atoms. The molecule has 1 aromatic carbocycles. The number of sulfonamides is 1. The molecule has 0 bridgehead atoms. The zero-order valence-corrected chi connectivity index (χ0v) is 12.7. The van der Waals surface area contributed by atoms with E-state index >= 15 is 0 Å². The lowest BCUT2D eigenvalue weighted by atomic mass is 10.2. The lowest BCUT2D eigenvalue weighted by molar-refractivity contribution is 0.0996. The van der Waals surface area contributed by atoms with Crippen molar-refractivity contribution in [1.82, 2.24) is 4.72 Å². The summed E-state index contributed by atoms with van der Waals surface area (Å²) in [5.41, 5.74) is 5.28. The Bertz CT molecular complexity index is 754. The second kappa shape index (κ2) is 6.63. The second-order valence-electron chi connectivity index (χ2n) is 4.36. The van der Waals surface area contributed by atoms with Gasteiger partial charge < -0.3 is 14.9 Å². The van der Waals surface area contributed by atoms with E-state index in [1.165, 1.54) is 24.5 Å². The molecule has 1 aromatic heterocycles. The van der Waals surface area contributed by atoms with Gasteiger partial charge in [-0.3, -0.25) is 4.79 Å². The van der Waals surface area contributed by atoms with E-state index in [4.69, 9.17) is 14.9 Å². The van der Waals surface area contributed by atoms with E-state index < -0.39 is 15.9 Å². The van der Waals surface area contributed by atoms with Crippen LogP contribution in [-0.4, -0.2) is 20.9 Å². The van der Waals surface area contributed by atoms with Crippen molar-refractivity contribution in [3.63, 3.8) is 0 Å². The maximum absolute atomic E-state index is 12.2. The van der Waals surface area contributed by atoms with E-state index in [0.29, 0.717) is 12.4 Å². The minimum absolute atomic E-state index is 0.00838.